The van der Waals surface area contributed by atoms with Crippen LogP contribution < -0.4 is 15.4 Å². The summed E-state index contributed by atoms with van der Waals surface area (Å²) in [6, 6.07) is 8.92. The monoisotopic (exact) mass is 410 g/mol. The van der Waals surface area contributed by atoms with E-state index in [-0.39, 0.29) is 5.56 Å². The first-order valence-corrected chi connectivity index (χ1v) is 11.7. The van der Waals surface area contributed by atoms with Crippen LogP contribution in [0.5, 0.6) is 0 Å². The molecule has 0 unspecified atom stereocenters. The molecule has 0 radical (unpaired) electrons. The van der Waals surface area contributed by atoms with Crippen LogP contribution in [0.1, 0.15) is 40.2 Å². The van der Waals surface area contributed by atoms with E-state index in [0.717, 1.165) is 55.1 Å². The molecule has 1 aliphatic heterocycles. The Hall–Kier alpha value is -2.02. The van der Waals surface area contributed by atoms with E-state index in [4.69, 9.17) is 4.98 Å². The van der Waals surface area contributed by atoms with Crippen molar-refractivity contribution in [2.24, 2.45) is 0 Å². The summed E-state index contributed by atoms with van der Waals surface area (Å²) in [5.74, 6) is 0.859. The van der Waals surface area contributed by atoms with Crippen LogP contribution in [0.4, 0.5) is 0 Å². The highest BCUT2D eigenvalue weighted by molar-refractivity contribution is 7.18. The molecule has 0 atom stereocenters. The predicted octanol–water partition coefficient (Wildman–Crippen LogP) is 0.655. The van der Waals surface area contributed by atoms with Crippen LogP contribution in [-0.4, -0.2) is 36.1 Å². The van der Waals surface area contributed by atoms with Gasteiger partial charge >= 0.3 is 0 Å². The van der Waals surface area contributed by atoms with Gasteiger partial charge < -0.3 is 14.8 Å². The average molecular weight is 411 g/mol. The van der Waals surface area contributed by atoms with Gasteiger partial charge in [-0.2, -0.15) is 0 Å². The van der Waals surface area contributed by atoms with Crippen molar-refractivity contribution in [3.63, 3.8) is 0 Å². The second-order valence-corrected chi connectivity index (χ2v) is 9.83. The van der Waals surface area contributed by atoms with E-state index in [1.54, 1.807) is 16.2 Å². The molecule has 5 rings (SSSR count). The van der Waals surface area contributed by atoms with E-state index in [2.05, 4.69) is 36.2 Å². The number of hydrogen-bond acceptors (Lipinski definition) is 3. The minimum absolute atomic E-state index is 0.0763. The summed E-state index contributed by atoms with van der Waals surface area (Å²) in [6.45, 7) is 8.67. The van der Waals surface area contributed by atoms with Gasteiger partial charge in [-0.1, -0.05) is 29.8 Å². The maximum atomic E-state index is 12.8. The highest BCUT2D eigenvalue weighted by atomic mass is 32.1. The number of thiophene rings is 1. The number of quaternary nitrogens is 2. The Morgan fingerprint density at radius 1 is 1.00 bits per heavy atom. The largest absolute Gasteiger partial charge is 0.322 e. The molecule has 2 aromatic heterocycles. The highest BCUT2D eigenvalue weighted by Crippen LogP contribution is 2.33. The second kappa shape index (κ2) is 8.01. The molecule has 2 aliphatic rings. The molecule has 3 heterocycles. The Labute approximate surface area is 175 Å². The minimum Gasteiger partial charge on any atom is -0.322 e. The van der Waals surface area contributed by atoms with Crippen molar-refractivity contribution in [1.29, 1.82) is 0 Å². The van der Waals surface area contributed by atoms with Crippen molar-refractivity contribution in [2.75, 3.05) is 26.2 Å². The number of nitrogens with zero attached hydrogens (tertiary/aromatic N) is 1. The molecule has 5 nitrogen and oxygen atoms in total. The van der Waals surface area contributed by atoms with Gasteiger partial charge in [0.05, 0.1) is 5.39 Å². The third-order valence-corrected chi connectivity index (χ3v) is 7.72. The van der Waals surface area contributed by atoms with Crippen LogP contribution in [0.25, 0.3) is 10.2 Å². The van der Waals surface area contributed by atoms with E-state index in [1.807, 2.05) is 0 Å². The Kier molecular flexibility index (Phi) is 5.24. The lowest BCUT2D eigenvalue weighted by Gasteiger charge is -2.29. The van der Waals surface area contributed by atoms with E-state index in [9.17, 15) is 4.79 Å². The second-order valence-electron chi connectivity index (χ2n) is 8.74. The highest BCUT2D eigenvalue weighted by Gasteiger charge is 2.25. The molecule has 1 aliphatic carbocycles. The topological polar surface area (TPSA) is 54.6 Å². The van der Waals surface area contributed by atoms with E-state index < -0.39 is 0 Å². The van der Waals surface area contributed by atoms with Crippen molar-refractivity contribution in [3.8, 4) is 0 Å². The number of hydrogen-bond donors (Lipinski definition) is 3. The summed E-state index contributed by atoms with van der Waals surface area (Å²) >= 11 is 1.75. The molecule has 3 aromatic rings. The molecule has 1 aromatic carbocycles. The summed E-state index contributed by atoms with van der Waals surface area (Å²) in [7, 11) is 0. The lowest BCUT2D eigenvalue weighted by atomic mass is 9.97. The summed E-state index contributed by atoms with van der Waals surface area (Å²) in [4.78, 5) is 26.2. The van der Waals surface area contributed by atoms with Crippen LogP contribution >= 0.6 is 11.3 Å². The SMILES string of the molecule is Cc1ccc(C[NH+]2CC[NH+](Cc3nc4sc5c(c4c(=O)[nH]3)CCCC5)CC2)cc1. The smallest absolute Gasteiger partial charge is 0.260 e. The maximum absolute atomic E-state index is 12.8. The van der Waals surface area contributed by atoms with Crippen LogP contribution in [0.2, 0.25) is 0 Å². The van der Waals surface area contributed by atoms with Gasteiger partial charge in [0.15, 0.2) is 5.82 Å². The van der Waals surface area contributed by atoms with Crippen molar-refractivity contribution < 1.29 is 9.80 Å². The molecule has 0 bridgehead atoms. The molecule has 0 saturated carbocycles. The van der Waals surface area contributed by atoms with Crippen LogP contribution in [0, 0.1) is 6.92 Å². The van der Waals surface area contributed by atoms with Gasteiger partial charge in [-0.25, -0.2) is 4.98 Å². The van der Waals surface area contributed by atoms with Gasteiger partial charge in [0.25, 0.3) is 5.56 Å². The van der Waals surface area contributed by atoms with Gasteiger partial charge in [0.1, 0.15) is 44.1 Å². The van der Waals surface area contributed by atoms with Gasteiger partial charge in [-0.05, 0) is 38.2 Å². The number of aromatic amines is 1. The number of aryl methyl sites for hydroxylation is 3. The number of H-pyrrole nitrogens is 1. The first-order chi connectivity index (χ1) is 14.2. The molecular weight excluding hydrogens is 380 g/mol. The van der Waals surface area contributed by atoms with Crippen molar-refractivity contribution in [3.05, 3.63) is 62.0 Å². The predicted molar refractivity (Wildman–Crippen MR) is 117 cm³/mol. The van der Waals surface area contributed by atoms with Gasteiger partial charge in [0, 0.05) is 10.4 Å². The fraction of sp³-hybridized carbons (Fsp3) is 0.478. The average Bonchev–Trinajstić information content (AvgIpc) is 3.10. The molecular formula is C23H30N4OS+2. The van der Waals surface area contributed by atoms with Crippen molar-refractivity contribution in [2.45, 2.75) is 45.7 Å². The van der Waals surface area contributed by atoms with Crippen LogP contribution in [0.3, 0.4) is 0 Å². The molecule has 0 spiro atoms. The first-order valence-electron chi connectivity index (χ1n) is 10.9. The Bertz CT molecular complexity index is 1060. The van der Waals surface area contributed by atoms with Gasteiger partial charge in [-0.15, -0.1) is 11.3 Å². The van der Waals surface area contributed by atoms with Crippen molar-refractivity contribution >= 4 is 21.6 Å². The molecule has 1 saturated heterocycles. The number of piperazine rings is 1. The zero-order valence-corrected chi connectivity index (χ0v) is 18.0. The summed E-state index contributed by atoms with van der Waals surface area (Å²) in [5, 5.41) is 0.871. The third kappa shape index (κ3) is 4.02. The molecule has 1 fully saturated rings. The number of nitrogens with one attached hydrogen (secondary N) is 3. The summed E-state index contributed by atoms with van der Waals surface area (Å²) in [5.41, 5.74) is 4.10. The van der Waals surface area contributed by atoms with Gasteiger partial charge in [0.2, 0.25) is 0 Å². The van der Waals surface area contributed by atoms with E-state index in [1.165, 1.54) is 52.4 Å². The number of fused-ring (bicyclic) bond motifs is 3. The first kappa shape index (κ1) is 19.0. The quantitative estimate of drug-likeness (QED) is 0.592. The molecule has 29 heavy (non-hydrogen) atoms. The molecule has 0 amide bonds. The Balaban J connectivity index is 1.24. The Morgan fingerprint density at radius 2 is 1.69 bits per heavy atom. The summed E-state index contributed by atoms with van der Waals surface area (Å²) < 4.78 is 0. The van der Waals surface area contributed by atoms with E-state index >= 15 is 0 Å². The van der Waals surface area contributed by atoms with Crippen LogP contribution in [0.15, 0.2) is 29.1 Å². The zero-order valence-electron chi connectivity index (χ0n) is 17.1. The van der Waals surface area contributed by atoms with Crippen molar-refractivity contribution in [1.82, 2.24) is 9.97 Å². The number of benzene rings is 1. The fourth-order valence-electron chi connectivity index (χ4n) is 4.83. The van der Waals surface area contributed by atoms with Gasteiger partial charge in [-0.3, -0.25) is 4.79 Å². The molecule has 152 valence electrons. The maximum Gasteiger partial charge on any atom is 0.260 e. The zero-order chi connectivity index (χ0) is 19.8. The van der Waals surface area contributed by atoms with E-state index in [0.29, 0.717) is 0 Å². The normalized spacial score (nSPS) is 22.0. The minimum atomic E-state index is 0.0763. The van der Waals surface area contributed by atoms with Crippen LogP contribution in [-0.2, 0) is 25.9 Å². The lowest BCUT2D eigenvalue weighted by molar-refractivity contribution is -1.02. The molecule has 6 heteroatoms. The summed E-state index contributed by atoms with van der Waals surface area (Å²) in [6.07, 6.45) is 4.59. The fourth-order valence-corrected chi connectivity index (χ4v) is 6.12. The standard InChI is InChI=1S/C23H28N4OS/c1-16-6-8-17(9-7-16)14-26-10-12-27(13-11-26)15-20-24-22(28)21-18-4-2-3-5-19(18)29-23(21)25-20/h6-9H,2-5,10-15H2,1H3,(H,24,25,28)/p+2. The molecule has 3 N–H and O–H groups in total. The number of rotatable bonds is 4. The number of aromatic nitrogens is 2. The third-order valence-electron chi connectivity index (χ3n) is 6.53. The lowest BCUT2D eigenvalue weighted by Crippen LogP contribution is -3.27. The Morgan fingerprint density at radius 3 is 2.45 bits per heavy atom.